The molecule has 1 aliphatic rings. The van der Waals surface area contributed by atoms with Gasteiger partial charge in [-0.15, -0.1) is 0 Å². The Morgan fingerprint density at radius 1 is 1.77 bits per heavy atom. The van der Waals surface area contributed by atoms with E-state index in [1.54, 1.807) is 16.2 Å². The summed E-state index contributed by atoms with van der Waals surface area (Å²) in [6.07, 6.45) is 2.33. The average molecular weight is 181 g/mol. The molecule has 1 fully saturated rings. The van der Waals surface area contributed by atoms with Gasteiger partial charge in [0.1, 0.15) is 0 Å². The van der Waals surface area contributed by atoms with Gasteiger partial charge in [0.05, 0.1) is 0 Å². The van der Waals surface area contributed by atoms with E-state index in [2.05, 4.69) is 5.10 Å². The predicted molar refractivity (Wildman–Crippen MR) is 44.4 cm³/mol. The number of carbonyl (C=O) groups excluding carboxylic acids is 1. The highest BCUT2D eigenvalue weighted by atomic mass is 16.5. The van der Waals surface area contributed by atoms with Crippen LogP contribution in [-0.2, 0) is 7.05 Å². The molecule has 1 aliphatic carbocycles. The number of carbonyl (C=O) groups is 1. The minimum atomic E-state index is -0.553. The zero-order valence-corrected chi connectivity index (χ0v) is 7.32. The molecule has 2 N–H and O–H groups in total. The Morgan fingerprint density at radius 3 is 3.00 bits per heavy atom. The number of amides is 1. The Bertz CT molecular complexity index is 341. The van der Waals surface area contributed by atoms with Gasteiger partial charge in [0.2, 0.25) is 0 Å². The molecule has 1 aromatic rings. The number of nitrogens with one attached hydrogen (secondary N) is 1. The zero-order chi connectivity index (χ0) is 9.42. The van der Waals surface area contributed by atoms with Crippen molar-refractivity contribution in [1.82, 2.24) is 15.3 Å². The van der Waals surface area contributed by atoms with Crippen LogP contribution in [0.3, 0.4) is 0 Å². The monoisotopic (exact) mass is 181 g/mol. The molecule has 0 saturated heterocycles. The topological polar surface area (TPSA) is 67.2 Å². The molecule has 0 radical (unpaired) electrons. The molecule has 1 amide bonds. The fraction of sp³-hybridized carbons (Fsp3) is 0.500. The molecule has 0 unspecified atom stereocenters. The van der Waals surface area contributed by atoms with E-state index in [9.17, 15) is 4.79 Å². The van der Waals surface area contributed by atoms with Crippen LogP contribution < -0.4 is 5.48 Å². The van der Waals surface area contributed by atoms with Gasteiger partial charge in [-0.25, -0.2) is 5.48 Å². The summed E-state index contributed by atoms with van der Waals surface area (Å²) in [5.41, 5.74) is 2.90. The van der Waals surface area contributed by atoms with Gasteiger partial charge in [-0.2, -0.15) is 5.10 Å². The summed E-state index contributed by atoms with van der Waals surface area (Å²) >= 11 is 0. The van der Waals surface area contributed by atoms with Crippen molar-refractivity contribution >= 4 is 5.91 Å². The molecule has 1 saturated carbocycles. The molecule has 70 valence electrons. The third kappa shape index (κ3) is 1.42. The molecule has 13 heavy (non-hydrogen) atoms. The Hall–Kier alpha value is -1.36. The van der Waals surface area contributed by atoms with Gasteiger partial charge in [-0.3, -0.25) is 14.7 Å². The summed E-state index contributed by atoms with van der Waals surface area (Å²) in [5, 5.41) is 12.4. The third-order valence-corrected chi connectivity index (χ3v) is 2.25. The highest BCUT2D eigenvalue weighted by Crippen LogP contribution is 2.39. The maximum Gasteiger partial charge on any atom is 0.295 e. The van der Waals surface area contributed by atoms with Crippen LogP contribution in [0.25, 0.3) is 0 Å². The van der Waals surface area contributed by atoms with E-state index in [-0.39, 0.29) is 5.69 Å². The predicted octanol–water partition coefficient (Wildman–Crippen LogP) is 0.416. The molecule has 1 heterocycles. The lowest BCUT2D eigenvalue weighted by molar-refractivity contribution is 0.0700. The van der Waals surface area contributed by atoms with Crippen LogP contribution in [0.4, 0.5) is 0 Å². The normalized spacial score (nSPS) is 15.8. The third-order valence-electron chi connectivity index (χ3n) is 2.25. The number of nitrogens with zero attached hydrogens (tertiary/aromatic N) is 2. The number of hydroxylamine groups is 1. The SMILES string of the molecule is Cn1nc(C(=O)NO)cc1C1CC1. The standard InChI is InChI=1S/C8H11N3O2/c1-11-7(5-2-3-5)4-6(9-11)8(12)10-13/h4-5,13H,2-3H2,1H3,(H,10,12). The highest BCUT2D eigenvalue weighted by Gasteiger charge is 2.28. The van der Waals surface area contributed by atoms with Crippen LogP contribution in [0, 0.1) is 0 Å². The van der Waals surface area contributed by atoms with Crippen molar-refractivity contribution in [2.45, 2.75) is 18.8 Å². The first-order chi connectivity index (χ1) is 6.22. The fourth-order valence-corrected chi connectivity index (χ4v) is 1.41. The van der Waals surface area contributed by atoms with E-state index in [1.807, 2.05) is 7.05 Å². The first kappa shape index (κ1) is 8.25. The van der Waals surface area contributed by atoms with Crippen LogP contribution in [0.5, 0.6) is 0 Å². The van der Waals surface area contributed by atoms with E-state index in [4.69, 9.17) is 5.21 Å². The van der Waals surface area contributed by atoms with Gasteiger partial charge in [-0.05, 0) is 18.9 Å². The van der Waals surface area contributed by atoms with E-state index in [0.717, 1.165) is 5.69 Å². The summed E-state index contributed by atoms with van der Waals surface area (Å²) in [7, 11) is 1.81. The lowest BCUT2D eigenvalue weighted by Gasteiger charge is -1.94. The summed E-state index contributed by atoms with van der Waals surface area (Å²) in [4.78, 5) is 11.0. The first-order valence-corrected chi connectivity index (χ1v) is 4.20. The van der Waals surface area contributed by atoms with E-state index >= 15 is 0 Å². The smallest absolute Gasteiger partial charge is 0.288 e. The van der Waals surface area contributed by atoms with Crippen LogP contribution in [0.15, 0.2) is 6.07 Å². The van der Waals surface area contributed by atoms with Crippen molar-refractivity contribution < 1.29 is 10.0 Å². The van der Waals surface area contributed by atoms with Gasteiger partial charge in [0.25, 0.3) is 5.91 Å². The molecular weight excluding hydrogens is 170 g/mol. The lowest BCUT2D eigenvalue weighted by Crippen LogP contribution is -2.19. The summed E-state index contributed by atoms with van der Waals surface area (Å²) < 4.78 is 1.70. The highest BCUT2D eigenvalue weighted by molar-refractivity contribution is 5.91. The fourth-order valence-electron chi connectivity index (χ4n) is 1.41. The molecule has 2 rings (SSSR count). The van der Waals surface area contributed by atoms with Crippen molar-refractivity contribution in [2.75, 3.05) is 0 Å². The zero-order valence-electron chi connectivity index (χ0n) is 7.32. The minimum Gasteiger partial charge on any atom is -0.288 e. The van der Waals surface area contributed by atoms with Crippen LogP contribution >= 0.6 is 0 Å². The second-order valence-corrected chi connectivity index (χ2v) is 3.29. The van der Waals surface area contributed by atoms with Crippen molar-refractivity contribution in [3.05, 3.63) is 17.5 Å². The second kappa shape index (κ2) is 2.85. The number of aromatic nitrogens is 2. The maximum atomic E-state index is 11.0. The van der Waals surface area contributed by atoms with E-state index < -0.39 is 5.91 Å². The van der Waals surface area contributed by atoms with Gasteiger partial charge < -0.3 is 0 Å². The molecule has 5 nitrogen and oxygen atoms in total. The van der Waals surface area contributed by atoms with E-state index in [1.165, 1.54) is 12.8 Å². The van der Waals surface area contributed by atoms with Crippen molar-refractivity contribution in [3.8, 4) is 0 Å². The van der Waals surface area contributed by atoms with Gasteiger partial charge in [0, 0.05) is 18.7 Å². The van der Waals surface area contributed by atoms with Crippen LogP contribution in [-0.4, -0.2) is 20.9 Å². The first-order valence-electron chi connectivity index (χ1n) is 4.20. The molecule has 0 aliphatic heterocycles. The number of aryl methyl sites for hydroxylation is 1. The molecule has 0 bridgehead atoms. The van der Waals surface area contributed by atoms with Crippen LogP contribution in [0.1, 0.15) is 34.9 Å². The van der Waals surface area contributed by atoms with Crippen molar-refractivity contribution in [1.29, 1.82) is 0 Å². The molecule has 0 aromatic carbocycles. The number of hydrogen-bond acceptors (Lipinski definition) is 3. The number of hydrogen-bond donors (Lipinski definition) is 2. The van der Waals surface area contributed by atoms with Gasteiger partial charge >= 0.3 is 0 Å². The van der Waals surface area contributed by atoms with Crippen molar-refractivity contribution in [2.24, 2.45) is 7.05 Å². The molecule has 5 heteroatoms. The Balaban J connectivity index is 2.28. The summed E-state index contributed by atoms with van der Waals surface area (Å²) in [6.45, 7) is 0. The molecule has 0 atom stereocenters. The lowest BCUT2D eigenvalue weighted by atomic mass is 10.2. The summed E-state index contributed by atoms with van der Waals surface area (Å²) in [5.74, 6) is 0.000225. The Labute approximate surface area is 75.3 Å². The molecule has 1 aromatic heterocycles. The summed E-state index contributed by atoms with van der Waals surface area (Å²) in [6, 6.07) is 1.73. The van der Waals surface area contributed by atoms with E-state index in [0.29, 0.717) is 5.92 Å². The van der Waals surface area contributed by atoms with Crippen LogP contribution in [0.2, 0.25) is 0 Å². The maximum absolute atomic E-state index is 11.0. The minimum absolute atomic E-state index is 0.270. The van der Waals surface area contributed by atoms with Gasteiger partial charge in [-0.1, -0.05) is 0 Å². The van der Waals surface area contributed by atoms with Gasteiger partial charge in [0.15, 0.2) is 5.69 Å². The molecule has 0 spiro atoms. The Kier molecular flexibility index (Phi) is 1.81. The quantitative estimate of drug-likeness (QED) is 0.513. The average Bonchev–Trinajstić information content (AvgIpc) is 2.89. The van der Waals surface area contributed by atoms with Crippen molar-refractivity contribution in [3.63, 3.8) is 0 Å². The largest absolute Gasteiger partial charge is 0.295 e. The Morgan fingerprint density at radius 2 is 2.46 bits per heavy atom. The number of rotatable bonds is 2. The second-order valence-electron chi connectivity index (χ2n) is 3.29. The molecular formula is C8H11N3O2.